The van der Waals surface area contributed by atoms with Crippen LogP contribution in [0.1, 0.15) is 10.6 Å². The maximum atomic E-state index is 12.1. The maximum absolute atomic E-state index is 12.1. The van der Waals surface area contributed by atoms with Gasteiger partial charge in [0.25, 0.3) is 5.91 Å². The van der Waals surface area contributed by atoms with Gasteiger partial charge in [0.15, 0.2) is 0 Å². The maximum Gasteiger partial charge on any atom is 0.292 e. The van der Waals surface area contributed by atoms with Gasteiger partial charge in [-0.05, 0) is 19.2 Å². The molecule has 20 heavy (non-hydrogen) atoms. The van der Waals surface area contributed by atoms with Crippen molar-refractivity contribution in [3.05, 3.63) is 41.1 Å². The van der Waals surface area contributed by atoms with Gasteiger partial charge in [-0.15, -0.1) is 0 Å². The highest BCUT2D eigenvalue weighted by Crippen LogP contribution is 2.22. The van der Waals surface area contributed by atoms with E-state index in [1.54, 1.807) is 30.1 Å². The Bertz CT molecular complexity index is 598. The molecule has 0 aliphatic carbocycles. The lowest BCUT2D eigenvalue weighted by Crippen LogP contribution is -2.32. The van der Waals surface area contributed by atoms with Gasteiger partial charge in [0, 0.05) is 36.8 Å². The van der Waals surface area contributed by atoms with Gasteiger partial charge >= 0.3 is 0 Å². The van der Waals surface area contributed by atoms with E-state index in [-0.39, 0.29) is 11.7 Å². The first-order chi connectivity index (χ1) is 9.61. The summed E-state index contributed by atoms with van der Waals surface area (Å²) in [5, 5.41) is 7.52. The van der Waals surface area contributed by atoms with Crippen LogP contribution in [-0.4, -0.2) is 43.1 Å². The second kappa shape index (κ2) is 6.54. The van der Waals surface area contributed by atoms with Gasteiger partial charge in [-0.1, -0.05) is 28.9 Å². The normalized spacial score (nSPS) is 10.6. The molecule has 0 atom stereocenters. The van der Waals surface area contributed by atoms with Crippen LogP contribution in [0.5, 0.6) is 0 Å². The van der Waals surface area contributed by atoms with Crippen molar-refractivity contribution < 1.29 is 9.32 Å². The fourth-order valence-corrected chi connectivity index (χ4v) is 1.92. The standard InChI is InChI=1S/C14H16ClN3O2/c1-16-6-7-18(2)14(19)13-9-12(17-20-13)10-4-3-5-11(15)8-10/h3-5,8-9,16H,6-7H2,1-2H3. The fraction of sp³-hybridized carbons (Fsp3) is 0.286. The molecule has 0 fully saturated rings. The predicted octanol–water partition coefficient (Wildman–Crippen LogP) is 2.29. The van der Waals surface area contributed by atoms with Crippen molar-refractivity contribution in [1.29, 1.82) is 0 Å². The van der Waals surface area contributed by atoms with Crippen molar-refractivity contribution in [1.82, 2.24) is 15.4 Å². The minimum Gasteiger partial charge on any atom is -0.350 e. The summed E-state index contributed by atoms with van der Waals surface area (Å²) in [6, 6.07) is 8.88. The molecule has 2 aromatic rings. The van der Waals surface area contributed by atoms with Crippen LogP contribution < -0.4 is 5.32 Å². The number of halogens is 1. The Kier molecular flexibility index (Phi) is 4.76. The number of carbonyl (C=O) groups is 1. The molecule has 1 heterocycles. The largest absolute Gasteiger partial charge is 0.350 e. The Hall–Kier alpha value is -1.85. The van der Waals surface area contributed by atoms with Crippen LogP contribution in [0.15, 0.2) is 34.9 Å². The SMILES string of the molecule is CNCCN(C)C(=O)c1cc(-c2cccc(Cl)c2)no1. The molecule has 0 bridgehead atoms. The number of nitrogens with one attached hydrogen (secondary N) is 1. The molecule has 0 saturated carbocycles. The number of hydrogen-bond acceptors (Lipinski definition) is 4. The van der Waals surface area contributed by atoms with Crippen LogP contribution in [0.25, 0.3) is 11.3 Å². The van der Waals surface area contributed by atoms with Crippen molar-refractivity contribution in [3.63, 3.8) is 0 Å². The first kappa shape index (κ1) is 14.6. The highest BCUT2D eigenvalue weighted by molar-refractivity contribution is 6.30. The zero-order valence-corrected chi connectivity index (χ0v) is 12.1. The summed E-state index contributed by atoms with van der Waals surface area (Å²) in [6.07, 6.45) is 0. The van der Waals surface area contributed by atoms with Gasteiger partial charge in [-0.25, -0.2) is 0 Å². The zero-order chi connectivity index (χ0) is 14.5. The number of benzene rings is 1. The third-order valence-electron chi connectivity index (χ3n) is 2.89. The van der Waals surface area contributed by atoms with Crippen LogP contribution in [-0.2, 0) is 0 Å². The highest BCUT2D eigenvalue weighted by Gasteiger charge is 2.17. The summed E-state index contributed by atoms with van der Waals surface area (Å²) >= 11 is 5.93. The first-order valence-electron chi connectivity index (χ1n) is 6.24. The summed E-state index contributed by atoms with van der Waals surface area (Å²) in [4.78, 5) is 13.7. The van der Waals surface area contributed by atoms with E-state index < -0.39 is 0 Å². The smallest absolute Gasteiger partial charge is 0.292 e. The number of amides is 1. The average molecular weight is 294 g/mol. The lowest BCUT2D eigenvalue weighted by atomic mass is 10.1. The average Bonchev–Trinajstić information content (AvgIpc) is 2.93. The van der Waals surface area contributed by atoms with Gasteiger partial charge < -0.3 is 14.7 Å². The topological polar surface area (TPSA) is 58.4 Å². The molecule has 5 nitrogen and oxygen atoms in total. The van der Waals surface area contributed by atoms with Crippen molar-refractivity contribution in [2.24, 2.45) is 0 Å². The number of likely N-dealkylation sites (N-methyl/N-ethyl adjacent to an activating group) is 2. The molecule has 1 N–H and O–H groups in total. The van der Waals surface area contributed by atoms with Crippen LogP contribution in [0.2, 0.25) is 5.02 Å². The number of rotatable bonds is 5. The molecule has 106 valence electrons. The van der Waals surface area contributed by atoms with Crippen LogP contribution in [0.3, 0.4) is 0 Å². The van der Waals surface area contributed by atoms with Crippen LogP contribution in [0.4, 0.5) is 0 Å². The number of carbonyl (C=O) groups excluding carboxylic acids is 1. The van der Waals surface area contributed by atoms with Gasteiger partial charge in [-0.3, -0.25) is 4.79 Å². The van der Waals surface area contributed by atoms with Crippen molar-refractivity contribution in [3.8, 4) is 11.3 Å². The number of aromatic nitrogens is 1. The van der Waals surface area contributed by atoms with E-state index >= 15 is 0 Å². The molecule has 0 aliphatic heterocycles. The van der Waals surface area contributed by atoms with Crippen molar-refractivity contribution in [2.75, 3.05) is 27.2 Å². The van der Waals surface area contributed by atoms with E-state index in [4.69, 9.17) is 16.1 Å². The van der Waals surface area contributed by atoms with Gasteiger partial charge in [0.05, 0.1) is 0 Å². The Balaban J connectivity index is 2.14. The van der Waals surface area contributed by atoms with E-state index in [2.05, 4.69) is 10.5 Å². The molecular weight excluding hydrogens is 278 g/mol. The third-order valence-corrected chi connectivity index (χ3v) is 3.12. The predicted molar refractivity (Wildman–Crippen MR) is 77.8 cm³/mol. The van der Waals surface area contributed by atoms with E-state index in [1.165, 1.54) is 0 Å². The van der Waals surface area contributed by atoms with E-state index in [1.807, 2.05) is 19.2 Å². The molecule has 0 spiro atoms. The van der Waals surface area contributed by atoms with Crippen LogP contribution >= 0.6 is 11.6 Å². The zero-order valence-electron chi connectivity index (χ0n) is 11.4. The molecule has 1 aromatic carbocycles. The molecule has 0 aliphatic rings. The summed E-state index contributed by atoms with van der Waals surface area (Å²) in [5.74, 6) is 0.0274. The molecular formula is C14H16ClN3O2. The van der Waals surface area contributed by atoms with E-state index in [0.29, 0.717) is 17.3 Å². The van der Waals surface area contributed by atoms with Gasteiger partial charge in [0.2, 0.25) is 5.76 Å². The lowest BCUT2D eigenvalue weighted by molar-refractivity contribution is 0.0755. The Labute approximate surface area is 122 Å². The second-order valence-corrected chi connectivity index (χ2v) is 4.85. The monoisotopic (exact) mass is 293 g/mol. The molecule has 1 aromatic heterocycles. The van der Waals surface area contributed by atoms with E-state index in [0.717, 1.165) is 12.1 Å². The summed E-state index contributed by atoms with van der Waals surface area (Å²) in [5.41, 5.74) is 1.41. The Morgan fingerprint density at radius 3 is 2.95 bits per heavy atom. The van der Waals surface area contributed by atoms with Gasteiger partial charge in [-0.2, -0.15) is 0 Å². The van der Waals surface area contributed by atoms with Crippen molar-refractivity contribution in [2.45, 2.75) is 0 Å². The van der Waals surface area contributed by atoms with E-state index in [9.17, 15) is 4.79 Å². The third kappa shape index (κ3) is 3.37. The molecule has 1 amide bonds. The fourth-order valence-electron chi connectivity index (χ4n) is 1.73. The molecule has 2 rings (SSSR count). The first-order valence-corrected chi connectivity index (χ1v) is 6.62. The Morgan fingerprint density at radius 1 is 1.45 bits per heavy atom. The number of hydrogen-bond donors (Lipinski definition) is 1. The summed E-state index contributed by atoms with van der Waals surface area (Å²) < 4.78 is 5.12. The van der Waals surface area contributed by atoms with Crippen molar-refractivity contribution >= 4 is 17.5 Å². The minimum absolute atomic E-state index is 0.193. The summed E-state index contributed by atoms with van der Waals surface area (Å²) in [6.45, 7) is 1.32. The van der Waals surface area contributed by atoms with Gasteiger partial charge in [0.1, 0.15) is 5.69 Å². The second-order valence-electron chi connectivity index (χ2n) is 4.42. The Morgan fingerprint density at radius 2 is 2.25 bits per heavy atom. The molecule has 0 radical (unpaired) electrons. The molecule has 0 unspecified atom stereocenters. The number of nitrogens with zero attached hydrogens (tertiary/aromatic N) is 2. The highest BCUT2D eigenvalue weighted by atomic mass is 35.5. The summed E-state index contributed by atoms with van der Waals surface area (Å²) in [7, 11) is 3.56. The quantitative estimate of drug-likeness (QED) is 0.919. The molecule has 6 heteroatoms. The lowest BCUT2D eigenvalue weighted by Gasteiger charge is -2.14. The minimum atomic E-state index is -0.193. The van der Waals surface area contributed by atoms with Crippen LogP contribution in [0, 0.1) is 0 Å². The molecule has 0 saturated heterocycles.